The van der Waals surface area contributed by atoms with E-state index in [2.05, 4.69) is 10.5 Å². The van der Waals surface area contributed by atoms with Crippen LogP contribution >= 0.6 is 0 Å². The average molecular weight is 232 g/mol. The molecule has 4 nitrogen and oxygen atoms in total. The third-order valence-corrected chi connectivity index (χ3v) is 2.72. The predicted molar refractivity (Wildman–Crippen MR) is 64.6 cm³/mol. The molecular weight excluding hydrogens is 216 g/mol. The molecule has 90 valence electrons. The molecule has 0 amide bonds. The fraction of sp³-hybridized carbons (Fsp3) is 0.308. The van der Waals surface area contributed by atoms with Crippen molar-refractivity contribution in [3.8, 4) is 5.75 Å². The van der Waals surface area contributed by atoms with Crippen molar-refractivity contribution in [2.45, 2.75) is 26.9 Å². The highest BCUT2D eigenvalue weighted by molar-refractivity contribution is 5.27. The zero-order valence-electron chi connectivity index (χ0n) is 10.0. The summed E-state index contributed by atoms with van der Waals surface area (Å²) in [7, 11) is 0. The quantitative estimate of drug-likeness (QED) is 0.849. The van der Waals surface area contributed by atoms with Crippen molar-refractivity contribution in [3.63, 3.8) is 0 Å². The van der Waals surface area contributed by atoms with Crippen LogP contribution in [0.1, 0.15) is 22.6 Å². The minimum atomic E-state index is 0.293. The SMILES string of the molecule is Cc1noc(C)c1CNCc1cccc(O)c1. The minimum absolute atomic E-state index is 0.293. The van der Waals surface area contributed by atoms with Gasteiger partial charge in [-0.15, -0.1) is 0 Å². The molecule has 0 fully saturated rings. The fourth-order valence-corrected chi connectivity index (χ4v) is 1.75. The van der Waals surface area contributed by atoms with E-state index in [4.69, 9.17) is 4.52 Å². The monoisotopic (exact) mass is 232 g/mol. The van der Waals surface area contributed by atoms with E-state index >= 15 is 0 Å². The summed E-state index contributed by atoms with van der Waals surface area (Å²) < 4.78 is 5.09. The first-order valence-corrected chi connectivity index (χ1v) is 5.57. The van der Waals surface area contributed by atoms with Gasteiger partial charge in [-0.3, -0.25) is 0 Å². The molecule has 4 heteroatoms. The Morgan fingerprint density at radius 2 is 2.12 bits per heavy atom. The number of nitrogens with one attached hydrogen (secondary N) is 1. The van der Waals surface area contributed by atoms with Crippen molar-refractivity contribution in [2.75, 3.05) is 0 Å². The molecule has 2 aromatic rings. The number of aromatic nitrogens is 1. The van der Waals surface area contributed by atoms with Gasteiger partial charge in [0.15, 0.2) is 0 Å². The fourth-order valence-electron chi connectivity index (χ4n) is 1.75. The highest BCUT2D eigenvalue weighted by Crippen LogP contribution is 2.13. The smallest absolute Gasteiger partial charge is 0.138 e. The molecule has 1 aromatic carbocycles. The Labute approximate surface area is 100 Å². The molecule has 0 aliphatic carbocycles. The predicted octanol–water partition coefficient (Wildman–Crippen LogP) is 2.29. The Kier molecular flexibility index (Phi) is 3.44. The zero-order chi connectivity index (χ0) is 12.3. The van der Waals surface area contributed by atoms with Gasteiger partial charge in [0.25, 0.3) is 0 Å². The number of phenolic OH excluding ortho intramolecular Hbond substituents is 1. The van der Waals surface area contributed by atoms with Gasteiger partial charge in [-0.1, -0.05) is 17.3 Å². The second-order valence-corrected chi connectivity index (χ2v) is 4.08. The number of rotatable bonds is 4. The molecule has 0 aliphatic heterocycles. The highest BCUT2D eigenvalue weighted by atomic mass is 16.5. The van der Waals surface area contributed by atoms with E-state index in [0.717, 1.165) is 29.1 Å². The summed E-state index contributed by atoms with van der Waals surface area (Å²) in [6.45, 7) is 5.27. The van der Waals surface area contributed by atoms with Gasteiger partial charge in [-0.25, -0.2) is 0 Å². The Bertz CT molecular complexity index is 486. The van der Waals surface area contributed by atoms with Crippen LogP contribution in [-0.4, -0.2) is 10.3 Å². The summed E-state index contributed by atoms with van der Waals surface area (Å²) in [5.74, 6) is 1.15. The summed E-state index contributed by atoms with van der Waals surface area (Å²) in [6, 6.07) is 7.22. The number of aromatic hydroxyl groups is 1. The number of phenols is 1. The first kappa shape index (κ1) is 11.7. The molecule has 0 saturated carbocycles. The first-order valence-electron chi connectivity index (χ1n) is 5.57. The molecule has 0 atom stereocenters. The maximum atomic E-state index is 9.33. The third kappa shape index (κ3) is 2.85. The van der Waals surface area contributed by atoms with Gasteiger partial charge in [-0.05, 0) is 31.5 Å². The van der Waals surface area contributed by atoms with Gasteiger partial charge in [-0.2, -0.15) is 0 Å². The number of hydrogen-bond acceptors (Lipinski definition) is 4. The minimum Gasteiger partial charge on any atom is -0.508 e. The van der Waals surface area contributed by atoms with Crippen LogP contribution < -0.4 is 5.32 Å². The molecule has 2 rings (SSSR count). The van der Waals surface area contributed by atoms with E-state index in [1.807, 2.05) is 26.0 Å². The summed E-state index contributed by atoms with van der Waals surface area (Å²) in [5.41, 5.74) is 3.08. The second kappa shape index (κ2) is 5.01. The van der Waals surface area contributed by atoms with Gasteiger partial charge in [0, 0.05) is 18.7 Å². The largest absolute Gasteiger partial charge is 0.508 e. The van der Waals surface area contributed by atoms with E-state index in [9.17, 15) is 5.11 Å². The Morgan fingerprint density at radius 3 is 2.76 bits per heavy atom. The van der Waals surface area contributed by atoms with Gasteiger partial charge in [0.1, 0.15) is 11.5 Å². The molecular formula is C13H16N2O2. The van der Waals surface area contributed by atoms with Gasteiger partial charge < -0.3 is 14.9 Å². The standard InChI is InChI=1S/C13H16N2O2/c1-9-13(10(2)17-15-9)8-14-7-11-4-3-5-12(16)6-11/h3-6,14,16H,7-8H2,1-2H3. The van der Waals surface area contributed by atoms with Crippen molar-refractivity contribution in [2.24, 2.45) is 0 Å². The number of hydrogen-bond donors (Lipinski definition) is 2. The van der Waals surface area contributed by atoms with E-state index in [1.54, 1.807) is 12.1 Å². The van der Waals surface area contributed by atoms with Crippen LogP contribution in [0, 0.1) is 13.8 Å². The maximum Gasteiger partial charge on any atom is 0.138 e. The van der Waals surface area contributed by atoms with Gasteiger partial charge >= 0.3 is 0 Å². The Morgan fingerprint density at radius 1 is 1.29 bits per heavy atom. The molecule has 2 N–H and O–H groups in total. The van der Waals surface area contributed by atoms with E-state index in [1.165, 1.54) is 0 Å². The van der Waals surface area contributed by atoms with Crippen LogP contribution in [0.5, 0.6) is 5.75 Å². The molecule has 0 aliphatic rings. The molecule has 17 heavy (non-hydrogen) atoms. The molecule has 1 aromatic heterocycles. The van der Waals surface area contributed by atoms with Crippen LogP contribution in [0.25, 0.3) is 0 Å². The summed E-state index contributed by atoms with van der Waals surface area (Å²) >= 11 is 0. The van der Waals surface area contributed by atoms with Crippen LogP contribution in [0.15, 0.2) is 28.8 Å². The lowest BCUT2D eigenvalue weighted by atomic mass is 10.2. The average Bonchev–Trinajstić information content (AvgIpc) is 2.61. The maximum absolute atomic E-state index is 9.33. The number of nitrogens with zero attached hydrogens (tertiary/aromatic N) is 1. The van der Waals surface area contributed by atoms with Crippen LogP contribution in [0.4, 0.5) is 0 Å². The molecule has 0 spiro atoms. The number of aryl methyl sites for hydroxylation is 2. The van der Waals surface area contributed by atoms with Crippen molar-refractivity contribution < 1.29 is 9.63 Å². The lowest BCUT2D eigenvalue weighted by Gasteiger charge is -2.05. The van der Waals surface area contributed by atoms with Crippen molar-refractivity contribution >= 4 is 0 Å². The van der Waals surface area contributed by atoms with E-state index in [0.29, 0.717) is 12.3 Å². The van der Waals surface area contributed by atoms with Crippen molar-refractivity contribution in [1.29, 1.82) is 0 Å². The van der Waals surface area contributed by atoms with Gasteiger partial charge in [0.05, 0.1) is 5.69 Å². The van der Waals surface area contributed by atoms with Crippen molar-refractivity contribution in [1.82, 2.24) is 10.5 Å². The van der Waals surface area contributed by atoms with Crippen LogP contribution in [-0.2, 0) is 13.1 Å². The highest BCUT2D eigenvalue weighted by Gasteiger charge is 2.07. The third-order valence-electron chi connectivity index (χ3n) is 2.72. The second-order valence-electron chi connectivity index (χ2n) is 4.08. The summed E-state index contributed by atoms with van der Waals surface area (Å²) in [4.78, 5) is 0. The molecule has 0 radical (unpaired) electrons. The van der Waals surface area contributed by atoms with E-state index < -0.39 is 0 Å². The summed E-state index contributed by atoms with van der Waals surface area (Å²) in [6.07, 6.45) is 0. The molecule has 0 bridgehead atoms. The zero-order valence-corrected chi connectivity index (χ0v) is 10.0. The van der Waals surface area contributed by atoms with Crippen LogP contribution in [0.3, 0.4) is 0 Å². The molecule has 0 saturated heterocycles. The Balaban J connectivity index is 1.92. The van der Waals surface area contributed by atoms with Gasteiger partial charge in [0.2, 0.25) is 0 Å². The lowest BCUT2D eigenvalue weighted by molar-refractivity contribution is 0.392. The molecule has 1 heterocycles. The van der Waals surface area contributed by atoms with Crippen LogP contribution in [0.2, 0.25) is 0 Å². The normalized spacial score (nSPS) is 10.7. The Hall–Kier alpha value is -1.81. The number of benzene rings is 1. The van der Waals surface area contributed by atoms with Crippen molar-refractivity contribution in [3.05, 3.63) is 46.8 Å². The lowest BCUT2D eigenvalue weighted by Crippen LogP contribution is -2.13. The molecule has 0 unspecified atom stereocenters. The van der Waals surface area contributed by atoms with E-state index in [-0.39, 0.29) is 0 Å². The first-order chi connectivity index (χ1) is 8.16. The summed E-state index contributed by atoms with van der Waals surface area (Å²) in [5, 5.41) is 16.5. The topological polar surface area (TPSA) is 58.3 Å².